The maximum atomic E-state index is 5.55. The fourth-order valence-corrected chi connectivity index (χ4v) is 5.59. The lowest BCUT2D eigenvalue weighted by molar-refractivity contribution is 0.232. The van der Waals surface area contributed by atoms with Crippen molar-refractivity contribution in [3.63, 3.8) is 0 Å². The number of nitrogens with one attached hydrogen (secondary N) is 3. The molecule has 8 heteroatoms. The summed E-state index contributed by atoms with van der Waals surface area (Å²) >= 11 is 5.55. The summed E-state index contributed by atoms with van der Waals surface area (Å²) in [6.45, 7) is 4.51. The molecule has 1 saturated carbocycles. The van der Waals surface area contributed by atoms with Crippen molar-refractivity contribution < 1.29 is 0 Å². The van der Waals surface area contributed by atoms with Gasteiger partial charge in [-0.2, -0.15) is 4.98 Å². The second kappa shape index (κ2) is 11.5. The van der Waals surface area contributed by atoms with E-state index in [0.717, 1.165) is 68.5 Å². The van der Waals surface area contributed by atoms with Gasteiger partial charge in [-0.1, -0.05) is 6.42 Å². The maximum Gasteiger partial charge on any atom is 0.225 e. The van der Waals surface area contributed by atoms with E-state index in [4.69, 9.17) is 22.2 Å². The van der Waals surface area contributed by atoms with Gasteiger partial charge in [0.05, 0.1) is 5.69 Å². The number of aromatic nitrogens is 2. The number of thiocarbonyl (C=S) groups is 1. The first kappa shape index (κ1) is 23.5. The quantitative estimate of drug-likeness (QED) is 0.538. The van der Waals surface area contributed by atoms with Crippen LogP contribution in [0.3, 0.4) is 0 Å². The van der Waals surface area contributed by atoms with Crippen molar-refractivity contribution in [1.82, 2.24) is 25.5 Å². The molecule has 0 radical (unpaired) electrons. The van der Waals surface area contributed by atoms with Crippen LogP contribution in [0.2, 0.25) is 0 Å². The second-order valence-electron chi connectivity index (χ2n) is 9.89. The van der Waals surface area contributed by atoms with Crippen molar-refractivity contribution in [2.75, 3.05) is 50.5 Å². The fourth-order valence-electron chi connectivity index (χ4n) is 5.32. The first-order valence-electron chi connectivity index (χ1n) is 12.7. The van der Waals surface area contributed by atoms with Crippen molar-refractivity contribution in [1.29, 1.82) is 0 Å². The zero-order valence-corrected chi connectivity index (χ0v) is 20.8. The number of hydrogen-bond donors (Lipinski definition) is 3. The third-order valence-electron chi connectivity index (χ3n) is 7.14. The average Bonchev–Trinajstić information content (AvgIpc) is 2.80. The Morgan fingerprint density at radius 1 is 0.969 bits per heavy atom. The summed E-state index contributed by atoms with van der Waals surface area (Å²) in [4.78, 5) is 14.4. The zero-order chi connectivity index (χ0) is 22.3. The molecule has 0 unspecified atom stereocenters. The third-order valence-corrected chi connectivity index (χ3v) is 7.40. The minimum Gasteiger partial charge on any atom is -0.362 e. The van der Waals surface area contributed by atoms with Gasteiger partial charge in [0.2, 0.25) is 5.95 Å². The number of nitrogens with zero attached hydrogens (tertiary/aromatic N) is 4. The summed E-state index contributed by atoms with van der Waals surface area (Å²) in [5.74, 6) is 1.90. The third kappa shape index (κ3) is 6.44. The molecular formula is C24H41N7S. The van der Waals surface area contributed by atoms with Crippen LogP contribution in [0.25, 0.3) is 0 Å². The van der Waals surface area contributed by atoms with E-state index >= 15 is 0 Å². The Morgan fingerprint density at radius 3 is 2.44 bits per heavy atom. The zero-order valence-electron chi connectivity index (χ0n) is 20.0. The minimum absolute atomic E-state index is 0.435. The molecule has 0 bridgehead atoms. The number of likely N-dealkylation sites (tertiary alicyclic amines) is 1. The summed E-state index contributed by atoms with van der Waals surface area (Å²) in [6.07, 6.45) is 13.2. The smallest absolute Gasteiger partial charge is 0.225 e. The molecule has 178 valence electrons. The van der Waals surface area contributed by atoms with Crippen molar-refractivity contribution in [3.8, 4) is 0 Å². The number of fused-ring (bicyclic) bond motifs is 1. The summed E-state index contributed by atoms with van der Waals surface area (Å²) in [6, 6.07) is 0.898. The Kier molecular flexibility index (Phi) is 8.41. The highest BCUT2D eigenvalue weighted by Gasteiger charge is 2.24. The largest absolute Gasteiger partial charge is 0.362 e. The molecule has 3 N–H and O–H groups in total. The SMILES string of the molecule is CN(C)c1nc(NC2CCC(NC(=S)NCCN3CCCCC3)CC2)nc2c1CCCC2. The molecule has 4 rings (SSSR count). The van der Waals surface area contributed by atoms with Gasteiger partial charge in [0.15, 0.2) is 5.11 Å². The van der Waals surface area contributed by atoms with Crippen molar-refractivity contribution in [3.05, 3.63) is 11.3 Å². The van der Waals surface area contributed by atoms with Gasteiger partial charge < -0.3 is 25.8 Å². The van der Waals surface area contributed by atoms with E-state index in [0.29, 0.717) is 12.1 Å². The van der Waals surface area contributed by atoms with Crippen LogP contribution >= 0.6 is 12.2 Å². The van der Waals surface area contributed by atoms with Gasteiger partial charge in [-0.05, 0) is 89.5 Å². The number of hydrogen-bond acceptors (Lipinski definition) is 6. The van der Waals surface area contributed by atoms with Gasteiger partial charge in [0, 0.05) is 44.8 Å². The van der Waals surface area contributed by atoms with Crippen molar-refractivity contribution in [2.45, 2.75) is 82.7 Å². The van der Waals surface area contributed by atoms with Gasteiger partial charge in [0.25, 0.3) is 0 Å². The number of aryl methyl sites for hydroxylation is 1. The molecule has 3 aliphatic rings. The lowest BCUT2D eigenvalue weighted by Gasteiger charge is -2.31. The average molecular weight is 460 g/mol. The number of anilines is 2. The lowest BCUT2D eigenvalue weighted by atomic mass is 9.91. The lowest BCUT2D eigenvalue weighted by Crippen LogP contribution is -2.46. The molecule has 2 fully saturated rings. The van der Waals surface area contributed by atoms with Crippen LogP contribution in [0.1, 0.15) is 69.0 Å². The monoisotopic (exact) mass is 459 g/mol. The standard InChI is InChI=1S/C24H41N7S/c1-30(2)22-20-8-4-5-9-21(20)28-23(29-22)26-18-10-12-19(13-11-18)27-24(32)25-14-17-31-15-6-3-7-16-31/h18-19H,3-17H2,1-2H3,(H2,25,27,32)(H,26,28,29). The summed E-state index contributed by atoms with van der Waals surface area (Å²) in [5, 5.41) is 11.4. The van der Waals surface area contributed by atoms with Crippen LogP contribution in [0, 0.1) is 0 Å². The first-order valence-corrected chi connectivity index (χ1v) is 13.1. The number of piperidine rings is 1. The molecule has 2 heterocycles. The molecule has 0 aromatic carbocycles. The molecule has 1 aromatic heterocycles. The van der Waals surface area contributed by atoms with Crippen LogP contribution in [0.15, 0.2) is 0 Å². The van der Waals surface area contributed by atoms with E-state index in [1.807, 2.05) is 0 Å². The van der Waals surface area contributed by atoms with Gasteiger partial charge in [-0.3, -0.25) is 0 Å². The highest BCUT2D eigenvalue weighted by Crippen LogP contribution is 2.29. The Labute approximate surface area is 199 Å². The van der Waals surface area contributed by atoms with Gasteiger partial charge in [-0.25, -0.2) is 4.98 Å². The van der Waals surface area contributed by atoms with Crippen LogP contribution in [0.5, 0.6) is 0 Å². The van der Waals surface area contributed by atoms with E-state index in [9.17, 15) is 0 Å². The predicted octanol–water partition coefficient (Wildman–Crippen LogP) is 3.09. The molecule has 7 nitrogen and oxygen atoms in total. The van der Waals surface area contributed by atoms with E-state index < -0.39 is 0 Å². The maximum absolute atomic E-state index is 5.55. The molecular weight excluding hydrogens is 418 g/mol. The summed E-state index contributed by atoms with van der Waals surface area (Å²) < 4.78 is 0. The Morgan fingerprint density at radius 2 is 1.69 bits per heavy atom. The number of rotatable bonds is 7. The van der Waals surface area contributed by atoms with E-state index in [-0.39, 0.29) is 0 Å². The molecule has 0 amide bonds. The summed E-state index contributed by atoms with van der Waals surface area (Å²) in [5.41, 5.74) is 2.59. The van der Waals surface area contributed by atoms with Gasteiger partial charge in [-0.15, -0.1) is 0 Å². The topological polar surface area (TPSA) is 68.4 Å². The van der Waals surface area contributed by atoms with Crippen LogP contribution in [-0.4, -0.2) is 72.3 Å². The Bertz CT molecular complexity index is 755. The molecule has 32 heavy (non-hydrogen) atoms. The van der Waals surface area contributed by atoms with Crippen LogP contribution in [0.4, 0.5) is 11.8 Å². The van der Waals surface area contributed by atoms with Crippen molar-refractivity contribution >= 4 is 29.1 Å². The van der Waals surface area contributed by atoms with Crippen molar-refractivity contribution in [2.24, 2.45) is 0 Å². The Balaban J connectivity index is 1.20. The molecule has 1 aliphatic heterocycles. The first-order chi connectivity index (χ1) is 15.6. The fraction of sp³-hybridized carbons (Fsp3) is 0.792. The van der Waals surface area contributed by atoms with E-state index in [1.165, 1.54) is 56.5 Å². The van der Waals surface area contributed by atoms with Crippen LogP contribution < -0.4 is 20.9 Å². The highest BCUT2D eigenvalue weighted by atomic mass is 32.1. The van der Waals surface area contributed by atoms with Crippen LogP contribution in [-0.2, 0) is 12.8 Å². The minimum atomic E-state index is 0.435. The highest BCUT2D eigenvalue weighted by molar-refractivity contribution is 7.80. The summed E-state index contributed by atoms with van der Waals surface area (Å²) in [7, 11) is 4.17. The predicted molar refractivity (Wildman–Crippen MR) is 137 cm³/mol. The van der Waals surface area contributed by atoms with Gasteiger partial charge >= 0.3 is 0 Å². The molecule has 2 aliphatic carbocycles. The molecule has 0 spiro atoms. The van der Waals surface area contributed by atoms with E-state index in [2.05, 4.69) is 39.8 Å². The second-order valence-corrected chi connectivity index (χ2v) is 10.3. The molecule has 0 atom stereocenters. The van der Waals surface area contributed by atoms with E-state index in [1.54, 1.807) is 0 Å². The normalized spacial score (nSPS) is 23.8. The molecule has 1 aromatic rings. The molecule has 1 saturated heterocycles. The Hall–Kier alpha value is -1.67. The van der Waals surface area contributed by atoms with Gasteiger partial charge in [0.1, 0.15) is 5.82 Å².